The highest BCUT2D eigenvalue weighted by Gasteiger charge is 2.05. The number of urea groups is 1. The summed E-state index contributed by atoms with van der Waals surface area (Å²) in [6, 6.07) is -0.708. The van der Waals surface area contributed by atoms with E-state index in [-0.39, 0.29) is 6.54 Å². The lowest BCUT2D eigenvalue weighted by molar-refractivity contribution is -0.131. The number of carbonyl (C=O) groups excluding carboxylic acids is 2. The van der Waals surface area contributed by atoms with E-state index in [0.29, 0.717) is 11.1 Å². The number of carboxylic acid groups (broad SMARTS) is 1. The van der Waals surface area contributed by atoms with Gasteiger partial charge in [0.15, 0.2) is 0 Å². The van der Waals surface area contributed by atoms with E-state index in [1.807, 2.05) is 5.32 Å². The van der Waals surface area contributed by atoms with Gasteiger partial charge < -0.3 is 10.4 Å². The average molecular weight is 255 g/mol. The van der Waals surface area contributed by atoms with Crippen LogP contribution in [0.5, 0.6) is 0 Å². The minimum atomic E-state index is -1.26. The summed E-state index contributed by atoms with van der Waals surface area (Å²) in [7, 11) is 0. The highest BCUT2D eigenvalue weighted by atomic mass is 32.1. The molecule has 0 unspecified atom stereocenters. The van der Waals surface area contributed by atoms with Crippen LogP contribution < -0.4 is 10.6 Å². The fraction of sp³-hybridized carbons (Fsp3) is 0.111. The summed E-state index contributed by atoms with van der Waals surface area (Å²) in [5.41, 5.74) is 0. The topological polar surface area (TPSA) is 108 Å². The van der Waals surface area contributed by atoms with Gasteiger partial charge in [-0.15, -0.1) is 11.3 Å². The van der Waals surface area contributed by atoms with E-state index >= 15 is 0 Å². The number of rotatable bonds is 4. The molecule has 3 N–H and O–H groups in total. The van der Waals surface area contributed by atoms with Crippen molar-refractivity contribution in [1.82, 2.24) is 15.6 Å². The molecule has 1 aromatic rings. The second kappa shape index (κ2) is 6.38. The van der Waals surface area contributed by atoms with E-state index in [9.17, 15) is 14.4 Å². The molecule has 0 aliphatic rings. The van der Waals surface area contributed by atoms with Gasteiger partial charge in [-0.05, 0) is 0 Å². The van der Waals surface area contributed by atoms with Crippen LogP contribution in [-0.2, 0) is 16.1 Å². The predicted octanol–water partition coefficient (Wildman–Crippen LogP) is 0.110. The first-order valence-electron chi connectivity index (χ1n) is 4.46. The van der Waals surface area contributed by atoms with Crippen LogP contribution in [-0.4, -0.2) is 28.0 Å². The smallest absolute Gasteiger partial charge is 0.328 e. The first kappa shape index (κ1) is 12.8. The molecule has 0 atom stereocenters. The third kappa shape index (κ3) is 5.42. The SMILES string of the molecule is O=C(O)C=CC(=O)NC(=O)NCc1nccs1. The molecule has 0 saturated heterocycles. The number of carbonyl (C=O) groups is 3. The zero-order valence-electron chi connectivity index (χ0n) is 8.54. The summed E-state index contributed by atoms with van der Waals surface area (Å²) in [5.74, 6) is -2.06. The van der Waals surface area contributed by atoms with Gasteiger partial charge in [0, 0.05) is 23.7 Å². The summed E-state index contributed by atoms with van der Waals surface area (Å²) in [6.07, 6.45) is 3.00. The Balaban J connectivity index is 2.29. The molecule has 0 radical (unpaired) electrons. The van der Waals surface area contributed by atoms with Crippen LogP contribution in [0.1, 0.15) is 5.01 Å². The van der Waals surface area contributed by atoms with Gasteiger partial charge in [0.1, 0.15) is 5.01 Å². The number of aromatic nitrogens is 1. The lowest BCUT2D eigenvalue weighted by Crippen LogP contribution is -2.38. The number of aliphatic carboxylic acids is 1. The number of thiazole rings is 1. The second-order valence-corrected chi connectivity index (χ2v) is 3.75. The molecular weight excluding hydrogens is 246 g/mol. The fourth-order valence-corrected chi connectivity index (χ4v) is 1.40. The average Bonchev–Trinajstić information content (AvgIpc) is 2.76. The lowest BCUT2D eigenvalue weighted by Gasteiger charge is -2.02. The molecule has 8 heteroatoms. The molecule has 0 bridgehead atoms. The molecular formula is C9H9N3O4S. The molecule has 0 aliphatic carbocycles. The normalized spacial score (nSPS) is 10.1. The minimum absolute atomic E-state index is 0.208. The standard InChI is InChI=1S/C9H9N3O4S/c13-6(1-2-8(14)15)12-9(16)11-5-7-10-3-4-17-7/h1-4H,5H2,(H,14,15)(H2,11,12,13,16). The summed E-state index contributed by atoms with van der Waals surface area (Å²) < 4.78 is 0. The monoisotopic (exact) mass is 255 g/mol. The number of imide groups is 1. The zero-order chi connectivity index (χ0) is 12.7. The van der Waals surface area contributed by atoms with Gasteiger partial charge in [-0.25, -0.2) is 14.6 Å². The third-order valence-electron chi connectivity index (χ3n) is 1.50. The third-order valence-corrected chi connectivity index (χ3v) is 2.28. The molecule has 0 saturated carbocycles. The number of carboxylic acids is 1. The second-order valence-electron chi connectivity index (χ2n) is 2.77. The zero-order valence-corrected chi connectivity index (χ0v) is 9.36. The van der Waals surface area contributed by atoms with Gasteiger partial charge in [-0.1, -0.05) is 0 Å². The first-order valence-corrected chi connectivity index (χ1v) is 5.34. The number of hydrogen-bond acceptors (Lipinski definition) is 5. The number of nitrogens with zero attached hydrogens (tertiary/aromatic N) is 1. The molecule has 0 aliphatic heterocycles. The van der Waals surface area contributed by atoms with E-state index in [2.05, 4.69) is 10.3 Å². The van der Waals surface area contributed by atoms with E-state index < -0.39 is 17.9 Å². The van der Waals surface area contributed by atoms with E-state index in [1.165, 1.54) is 11.3 Å². The number of nitrogens with one attached hydrogen (secondary N) is 2. The summed E-state index contributed by atoms with van der Waals surface area (Å²) in [6.45, 7) is 0.208. The van der Waals surface area contributed by atoms with Gasteiger partial charge in [0.05, 0.1) is 6.54 Å². The Morgan fingerprint density at radius 3 is 2.76 bits per heavy atom. The molecule has 1 heterocycles. The molecule has 0 fully saturated rings. The fourth-order valence-electron chi connectivity index (χ4n) is 0.841. The highest BCUT2D eigenvalue weighted by Crippen LogP contribution is 2.02. The van der Waals surface area contributed by atoms with Crippen molar-refractivity contribution in [3.05, 3.63) is 28.7 Å². The molecule has 1 aromatic heterocycles. The predicted molar refractivity (Wildman–Crippen MR) is 59.3 cm³/mol. The Bertz CT molecular complexity index is 441. The van der Waals surface area contributed by atoms with Crippen LogP contribution >= 0.6 is 11.3 Å². The van der Waals surface area contributed by atoms with Crippen LogP contribution in [0.15, 0.2) is 23.7 Å². The number of amides is 3. The maximum absolute atomic E-state index is 11.1. The maximum Gasteiger partial charge on any atom is 0.328 e. The van der Waals surface area contributed by atoms with Crippen molar-refractivity contribution in [1.29, 1.82) is 0 Å². The van der Waals surface area contributed by atoms with E-state index in [4.69, 9.17) is 5.11 Å². The molecule has 7 nitrogen and oxygen atoms in total. The van der Waals surface area contributed by atoms with Crippen LogP contribution in [0.2, 0.25) is 0 Å². The Labute approximate surface area is 100 Å². The maximum atomic E-state index is 11.1. The van der Waals surface area contributed by atoms with Crippen molar-refractivity contribution >= 4 is 29.2 Å². The molecule has 0 spiro atoms. The van der Waals surface area contributed by atoms with Crippen molar-refractivity contribution in [2.24, 2.45) is 0 Å². The Kier molecular flexibility index (Phi) is 4.82. The summed E-state index contributed by atoms with van der Waals surface area (Å²) in [4.78, 5) is 36.2. The Morgan fingerprint density at radius 1 is 1.41 bits per heavy atom. The van der Waals surface area contributed by atoms with E-state index in [1.54, 1.807) is 11.6 Å². The van der Waals surface area contributed by atoms with Crippen molar-refractivity contribution in [2.45, 2.75) is 6.54 Å². The van der Waals surface area contributed by atoms with Crippen molar-refractivity contribution < 1.29 is 19.5 Å². The quantitative estimate of drug-likeness (QED) is 0.662. The van der Waals surface area contributed by atoms with Crippen LogP contribution in [0.4, 0.5) is 4.79 Å². The molecule has 90 valence electrons. The van der Waals surface area contributed by atoms with Crippen LogP contribution in [0, 0.1) is 0 Å². The van der Waals surface area contributed by atoms with Gasteiger partial charge >= 0.3 is 12.0 Å². The minimum Gasteiger partial charge on any atom is -0.478 e. The van der Waals surface area contributed by atoms with Gasteiger partial charge in [-0.3, -0.25) is 10.1 Å². The highest BCUT2D eigenvalue weighted by molar-refractivity contribution is 7.09. The van der Waals surface area contributed by atoms with Crippen LogP contribution in [0.25, 0.3) is 0 Å². The van der Waals surface area contributed by atoms with E-state index in [0.717, 1.165) is 6.08 Å². The summed E-state index contributed by atoms with van der Waals surface area (Å²) in [5, 5.41) is 15.0. The Morgan fingerprint density at radius 2 is 2.18 bits per heavy atom. The first-order chi connectivity index (χ1) is 8.08. The van der Waals surface area contributed by atoms with Crippen molar-refractivity contribution in [3.63, 3.8) is 0 Å². The van der Waals surface area contributed by atoms with Crippen molar-refractivity contribution in [2.75, 3.05) is 0 Å². The van der Waals surface area contributed by atoms with Crippen molar-refractivity contribution in [3.8, 4) is 0 Å². The van der Waals surface area contributed by atoms with Gasteiger partial charge in [0.2, 0.25) is 0 Å². The summed E-state index contributed by atoms with van der Waals surface area (Å²) >= 11 is 1.37. The largest absolute Gasteiger partial charge is 0.478 e. The Hall–Kier alpha value is -2.22. The van der Waals surface area contributed by atoms with Gasteiger partial charge in [-0.2, -0.15) is 0 Å². The molecule has 3 amide bonds. The number of hydrogen-bond donors (Lipinski definition) is 3. The van der Waals surface area contributed by atoms with Gasteiger partial charge in [0.25, 0.3) is 5.91 Å². The molecule has 0 aromatic carbocycles. The molecule has 1 rings (SSSR count). The van der Waals surface area contributed by atoms with Crippen LogP contribution in [0.3, 0.4) is 0 Å². The molecule has 17 heavy (non-hydrogen) atoms. The lowest BCUT2D eigenvalue weighted by atomic mass is 10.5.